The molecule has 0 unspecified atom stereocenters. The first-order chi connectivity index (χ1) is 17.0. The van der Waals surface area contributed by atoms with Gasteiger partial charge in [0.05, 0.1) is 5.69 Å². The monoisotopic (exact) mass is 507 g/mol. The molecular weight excluding hydrogens is 485 g/mol. The molecule has 8 heteroatoms. The second-order valence-electron chi connectivity index (χ2n) is 7.81. The zero-order valence-corrected chi connectivity index (χ0v) is 20.3. The fourth-order valence-corrected chi connectivity index (χ4v) is 4.09. The van der Waals surface area contributed by atoms with Gasteiger partial charge in [-0.25, -0.2) is 4.98 Å². The molecule has 6 nitrogen and oxygen atoms in total. The Bertz CT molecular complexity index is 1360. The lowest BCUT2D eigenvalue weighted by atomic mass is 10.1. The molecule has 178 valence electrons. The fourth-order valence-electron chi connectivity index (χ4n) is 3.60. The van der Waals surface area contributed by atoms with Gasteiger partial charge < -0.3 is 10.1 Å². The number of anilines is 1. The van der Waals surface area contributed by atoms with Crippen molar-refractivity contribution >= 4 is 35.0 Å². The second-order valence-corrected chi connectivity index (χ2v) is 8.60. The number of hydrogen-bond donors (Lipinski definition) is 1. The highest BCUT2D eigenvalue weighted by Gasteiger charge is 2.20. The Kier molecular flexibility index (Phi) is 8.19. The summed E-state index contributed by atoms with van der Waals surface area (Å²) in [5, 5.41) is 3.60. The van der Waals surface area contributed by atoms with Gasteiger partial charge in [0, 0.05) is 17.1 Å². The van der Waals surface area contributed by atoms with Crippen molar-refractivity contribution in [1.82, 2.24) is 9.55 Å². The van der Waals surface area contributed by atoms with E-state index in [0.717, 1.165) is 11.1 Å². The van der Waals surface area contributed by atoms with E-state index >= 15 is 0 Å². The van der Waals surface area contributed by atoms with Gasteiger partial charge in [-0.2, -0.15) is 0 Å². The van der Waals surface area contributed by atoms with Gasteiger partial charge in [-0.15, -0.1) is 0 Å². The zero-order chi connectivity index (χ0) is 24.6. The van der Waals surface area contributed by atoms with Crippen molar-refractivity contribution in [3.8, 4) is 11.3 Å². The molecule has 4 aromatic rings. The van der Waals surface area contributed by atoms with E-state index in [-0.39, 0.29) is 24.1 Å². The predicted molar refractivity (Wildman–Crippen MR) is 139 cm³/mol. The summed E-state index contributed by atoms with van der Waals surface area (Å²) in [6.45, 7) is 0.239. The zero-order valence-electron chi connectivity index (χ0n) is 18.8. The Morgan fingerprint density at radius 1 is 0.914 bits per heavy atom. The molecule has 0 bridgehead atoms. The molecule has 0 aliphatic carbocycles. The van der Waals surface area contributed by atoms with Gasteiger partial charge in [0.25, 0.3) is 5.56 Å². The summed E-state index contributed by atoms with van der Waals surface area (Å²) >= 11 is 12.7. The van der Waals surface area contributed by atoms with Gasteiger partial charge in [0.1, 0.15) is 13.2 Å². The standard InChI is InChI=1S/C27H23Cl2N3O3/c28-22-13-7-12-21(16-22)24-25(29)31-26(30-15-14-19-8-3-1-4-9-19)27(34)32(24)17-23(33)35-18-20-10-5-2-6-11-20/h1-13,16H,14-15,17-18H2,(H,30,31). The van der Waals surface area contributed by atoms with E-state index in [1.165, 1.54) is 4.57 Å². The van der Waals surface area contributed by atoms with Crippen molar-refractivity contribution in [3.63, 3.8) is 0 Å². The van der Waals surface area contributed by atoms with Gasteiger partial charge in [0.15, 0.2) is 11.0 Å². The summed E-state index contributed by atoms with van der Waals surface area (Å²) < 4.78 is 6.69. The molecule has 1 aromatic heterocycles. The molecule has 0 saturated carbocycles. The lowest BCUT2D eigenvalue weighted by Crippen LogP contribution is -2.30. The van der Waals surface area contributed by atoms with E-state index in [4.69, 9.17) is 27.9 Å². The van der Waals surface area contributed by atoms with E-state index in [9.17, 15) is 9.59 Å². The van der Waals surface area contributed by atoms with Crippen LogP contribution in [0.5, 0.6) is 0 Å². The summed E-state index contributed by atoms with van der Waals surface area (Å²) in [5.74, 6) is -0.510. The number of benzene rings is 3. The molecule has 0 radical (unpaired) electrons. The van der Waals surface area contributed by atoms with Crippen molar-refractivity contribution in [2.75, 3.05) is 11.9 Å². The number of nitrogens with one attached hydrogen (secondary N) is 1. The number of aromatic nitrogens is 2. The van der Waals surface area contributed by atoms with Crippen LogP contribution >= 0.6 is 23.2 Å². The Balaban J connectivity index is 1.61. The third kappa shape index (κ3) is 6.50. The Morgan fingerprint density at radius 2 is 1.60 bits per heavy atom. The average Bonchev–Trinajstić information content (AvgIpc) is 2.87. The number of halogens is 2. The Hall–Kier alpha value is -3.61. The highest BCUT2D eigenvalue weighted by Crippen LogP contribution is 2.28. The predicted octanol–water partition coefficient (Wildman–Crippen LogP) is 5.62. The first-order valence-corrected chi connectivity index (χ1v) is 11.8. The lowest BCUT2D eigenvalue weighted by molar-refractivity contribution is -0.145. The van der Waals surface area contributed by atoms with Crippen LogP contribution in [0.2, 0.25) is 10.2 Å². The van der Waals surface area contributed by atoms with Crippen LogP contribution < -0.4 is 10.9 Å². The normalized spacial score (nSPS) is 10.7. The molecule has 4 rings (SSSR count). The summed E-state index contributed by atoms with van der Waals surface area (Å²) in [4.78, 5) is 30.4. The second kappa shape index (κ2) is 11.7. The number of ether oxygens (including phenoxy) is 1. The number of esters is 1. The number of hydrogen-bond acceptors (Lipinski definition) is 5. The topological polar surface area (TPSA) is 73.2 Å². The Labute approximate surface area is 213 Å². The van der Waals surface area contributed by atoms with Crippen LogP contribution in [0.15, 0.2) is 89.7 Å². The van der Waals surface area contributed by atoms with Crippen molar-refractivity contribution in [2.45, 2.75) is 19.6 Å². The molecule has 1 N–H and O–H groups in total. The van der Waals surface area contributed by atoms with Crippen LogP contribution in [0.4, 0.5) is 5.82 Å². The minimum atomic E-state index is -0.572. The van der Waals surface area contributed by atoms with Crippen LogP contribution in [0.3, 0.4) is 0 Å². The quantitative estimate of drug-likeness (QED) is 0.298. The Morgan fingerprint density at radius 3 is 2.29 bits per heavy atom. The highest BCUT2D eigenvalue weighted by atomic mass is 35.5. The fraction of sp³-hybridized carbons (Fsp3) is 0.148. The van der Waals surface area contributed by atoms with Gasteiger partial charge in [-0.05, 0) is 29.7 Å². The van der Waals surface area contributed by atoms with Crippen molar-refractivity contribution in [1.29, 1.82) is 0 Å². The maximum Gasteiger partial charge on any atom is 0.326 e. The van der Waals surface area contributed by atoms with Crippen LogP contribution in [0.1, 0.15) is 11.1 Å². The van der Waals surface area contributed by atoms with Crippen molar-refractivity contribution < 1.29 is 9.53 Å². The molecular formula is C27H23Cl2N3O3. The van der Waals surface area contributed by atoms with Gasteiger partial charge in [-0.1, -0.05) is 96.0 Å². The highest BCUT2D eigenvalue weighted by molar-refractivity contribution is 6.32. The summed E-state index contributed by atoms with van der Waals surface area (Å²) in [7, 11) is 0. The third-order valence-corrected chi connectivity index (χ3v) is 5.80. The van der Waals surface area contributed by atoms with Crippen molar-refractivity contribution in [2.24, 2.45) is 0 Å². The van der Waals surface area contributed by atoms with Crippen molar-refractivity contribution in [3.05, 3.63) is 117 Å². The molecule has 0 saturated heterocycles. The lowest BCUT2D eigenvalue weighted by Gasteiger charge is -2.16. The minimum absolute atomic E-state index is 0.0626. The maximum atomic E-state index is 13.4. The number of carbonyl (C=O) groups is 1. The van der Waals surface area contributed by atoms with Gasteiger partial charge in [-0.3, -0.25) is 14.2 Å². The van der Waals surface area contributed by atoms with E-state index < -0.39 is 11.5 Å². The van der Waals surface area contributed by atoms with Crippen LogP contribution in [0, 0.1) is 0 Å². The molecule has 0 aliphatic rings. The SMILES string of the molecule is O=C(Cn1c(-c2cccc(Cl)c2)c(Cl)nc(NCCc2ccccc2)c1=O)OCc1ccccc1. The third-order valence-electron chi connectivity index (χ3n) is 5.30. The first-order valence-electron chi connectivity index (χ1n) is 11.0. The average molecular weight is 508 g/mol. The minimum Gasteiger partial charge on any atom is -0.459 e. The number of carbonyl (C=O) groups excluding carboxylic acids is 1. The maximum absolute atomic E-state index is 13.4. The number of rotatable bonds is 9. The van der Waals surface area contributed by atoms with Gasteiger partial charge >= 0.3 is 5.97 Å². The first kappa shape index (κ1) is 24.5. The molecule has 3 aromatic carbocycles. The smallest absolute Gasteiger partial charge is 0.326 e. The molecule has 0 atom stereocenters. The van der Waals surface area contributed by atoms with E-state index in [1.54, 1.807) is 24.3 Å². The van der Waals surface area contributed by atoms with Crippen LogP contribution in [0.25, 0.3) is 11.3 Å². The molecule has 1 heterocycles. The largest absolute Gasteiger partial charge is 0.459 e. The van der Waals surface area contributed by atoms with E-state index in [0.29, 0.717) is 29.2 Å². The molecule has 0 amide bonds. The summed E-state index contributed by atoms with van der Waals surface area (Å²) in [6, 6.07) is 26.1. The number of nitrogens with zero attached hydrogens (tertiary/aromatic N) is 2. The molecule has 0 spiro atoms. The van der Waals surface area contributed by atoms with Gasteiger partial charge in [0.2, 0.25) is 0 Å². The van der Waals surface area contributed by atoms with E-state index in [1.807, 2.05) is 60.7 Å². The summed E-state index contributed by atoms with van der Waals surface area (Å²) in [5.41, 5.74) is 2.35. The molecule has 0 aliphatic heterocycles. The van der Waals surface area contributed by atoms with E-state index in [2.05, 4.69) is 10.3 Å². The van der Waals surface area contributed by atoms with Crippen LogP contribution in [-0.4, -0.2) is 22.1 Å². The van der Waals surface area contributed by atoms with Crippen LogP contribution in [-0.2, 0) is 29.1 Å². The molecule has 35 heavy (non-hydrogen) atoms. The molecule has 0 fully saturated rings. The summed E-state index contributed by atoms with van der Waals surface area (Å²) in [6.07, 6.45) is 0.689.